The number of nitrogens with one attached hydrogen (secondary N) is 1. The molecule has 0 amide bonds. The number of nitrogens with zero attached hydrogens (tertiary/aromatic N) is 2. The SMILES string of the molecule is c1ccc(CCC2CCN(CCCNC3CCN(Cc4ccccc4)C3)CC2)cc1. The minimum absolute atomic E-state index is 0.678. The number of rotatable bonds is 10. The average molecular weight is 406 g/mol. The second-order valence-electron chi connectivity index (χ2n) is 9.32. The Bertz CT molecular complexity index is 709. The maximum Gasteiger partial charge on any atom is 0.0234 e. The van der Waals surface area contributed by atoms with Gasteiger partial charge in [-0.3, -0.25) is 4.90 Å². The van der Waals surface area contributed by atoms with Gasteiger partial charge in [-0.15, -0.1) is 0 Å². The van der Waals surface area contributed by atoms with Crippen LogP contribution in [0.15, 0.2) is 60.7 Å². The summed E-state index contributed by atoms with van der Waals surface area (Å²) in [7, 11) is 0. The minimum Gasteiger partial charge on any atom is -0.313 e. The molecule has 0 aliphatic carbocycles. The summed E-state index contributed by atoms with van der Waals surface area (Å²) in [6, 6.07) is 22.5. The summed E-state index contributed by atoms with van der Waals surface area (Å²) in [5.74, 6) is 0.925. The third kappa shape index (κ3) is 6.94. The molecule has 1 N–H and O–H groups in total. The zero-order valence-corrected chi connectivity index (χ0v) is 18.5. The first kappa shape index (κ1) is 21.5. The second-order valence-corrected chi connectivity index (χ2v) is 9.32. The molecule has 2 aliphatic heterocycles. The number of benzene rings is 2. The van der Waals surface area contributed by atoms with Crippen molar-refractivity contribution in [1.82, 2.24) is 15.1 Å². The lowest BCUT2D eigenvalue weighted by Crippen LogP contribution is -2.37. The van der Waals surface area contributed by atoms with Crippen LogP contribution in [0.4, 0.5) is 0 Å². The molecular weight excluding hydrogens is 366 g/mol. The quantitative estimate of drug-likeness (QED) is 0.584. The van der Waals surface area contributed by atoms with Crippen molar-refractivity contribution in [2.45, 2.75) is 51.1 Å². The van der Waals surface area contributed by atoms with Gasteiger partial charge in [0.05, 0.1) is 0 Å². The zero-order valence-electron chi connectivity index (χ0n) is 18.5. The van der Waals surface area contributed by atoms with Crippen LogP contribution in [0.3, 0.4) is 0 Å². The van der Waals surface area contributed by atoms with Crippen LogP contribution >= 0.6 is 0 Å². The van der Waals surface area contributed by atoms with Crippen molar-refractivity contribution in [2.75, 3.05) is 39.3 Å². The lowest BCUT2D eigenvalue weighted by atomic mass is 9.90. The zero-order chi connectivity index (χ0) is 20.4. The van der Waals surface area contributed by atoms with E-state index in [1.807, 2.05) is 0 Å². The Morgan fingerprint density at radius 2 is 1.43 bits per heavy atom. The van der Waals surface area contributed by atoms with Crippen molar-refractivity contribution < 1.29 is 0 Å². The molecule has 0 saturated carbocycles. The highest BCUT2D eigenvalue weighted by molar-refractivity contribution is 5.15. The normalized spacial score (nSPS) is 21.3. The molecule has 2 aromatic rings. The van der Waals surface area contributed by atoms with Gasteiger partial charge in [-0.2, -0.15) is 0 Å². The van der Waals surface area contributed by atoms with E-state index in [9.17, 15) is 0 Å². The third-order valence-electron chi connectivity index (χ3n) is 7.00. The van der Waals surface area contributed by atoms with Crippen LogP contribution in [0.25, 0.3) is 0 Å². The van der Waals surface area contributed by atoms with Gasteiger partial charge in [-0.05, 0) is 81.7 Å². The molecule has 2 aromatic carbocycles. The van der Waals surface area contributed by atoms with Gasteiger partial charge in [0.1, 0.15) is 0 Å². The maximum atomic E-state index is 3.82. The van der Waals surface area contributed by atoms with E-state index in [1.54, 1.807) is 0 Å². The molecule has 0 spiro atoms. The van der Waals surface area contributed by atoms with Gasteiger partial charge in [-0.25, -0.2) is 0 Å². The second kappa shape index (κ2) is 11.6. The Morgan fingerprint density at radius 1 is 0.767 bits per heavy atom. The Balaban J connectivity index is 1.04. The van der Waals surface area contributed by atoms with Crippen molar-refractivity contribution >= 4 is 0 Å². The lowest BCUT2D eigenvalue weighted by molar-refractivity contribution is 0.177. The van der Waals surface area contributed by atoms with Crippen LogP contribution in [-0.2, 0) is 13.0 Å². The molecule has 0 aromatic heterocycles. The van der Waals surface area contributed by atoms with Gasteiger partial charge >= 0.3 is 0 Å². The smallest absolute Gasteiger partial charge is 0.0234 e. The van der Waals surface area contributed by atoms with Gasteiger partial charge in [0.2, 0.25) is 0 Å². The summed E-state index contributed by atoms with van der Waals surface area (Å²) in [6.45, 7) is 8.54. The molecule has 2 fully saturated rings. The molecule has 30 heavy (non-hydrogen) atoms. The van der Waals surface area contributed by atoms with E-state index in [2.05, 4.69) is 75.8 Å². The first-order valence-electron chi connectivity index (χ1n) is 12.1. The Hall–Kier alpha value is -1.68. The van der Waals surface area contributed by atoms with Crippen LogP contribution in [0.2, 0.25) is 0 Å². The van der Waals surface area contributed by atoms with Gasteiger partial charge < -0.3 is 10.2 Å². The van der Waals surface area contributed by atoms with Crippen LogP contribution in [-0.4, -0.2) is 55.1 Å². The van der Waals surface area contributed by atoms with Crippen LogP contribution in [0.1, 0.15) is 43.2 Å². The molecule has 2 heterocycles. The molecule has 2 saturated heterocycles. The van der Waals surface area contributed by atoms with E-state index in [1.165, 1.54) is 82.4 Å². The standard InChI is InChI=1S/C27H39N3/c1-3-8-24(9-4-1)12-13-25-14-19-29(20-15-25)18-7-17-28-27-16-21-30(23-27)22-26-10-5-2-6-11-26/h1-6,8-11,25,27-28H,7,12-23H2. The minimum atomic E-state index is 0.678. The summed E-state index contributed by atoms with van der Waals surface area (Å²) in [5.41, 5.74) is 2.94. The highest BCUT2D eigenvalue weighted by Crippen LogP contribution is 2.22. The molecule has 0 bridgehead atoms. The fourth-order valence-corrected chi connectivity index (χ4v) is 5.11. The van der Waals surface area contributed by atoms with Gasteiger partial charge in [0.15, 0.2) is 0 Å². The summed E-state index contributed by atoms with van der Waals surface area (Å²) in [5, 5.41) is 3.82. The Kier molecular flexibility index (Phi) is 8.36. The van der Waals surface area contributed by atoms with Crippen molar-refractivity contribution in [3.63, 3.8) is 0 Å². The van der Waals surface area contributed by atoms with Crippen molar-refractivity contribution in [3.05, 3.63) is 71.8 Å². The fourth-order valence-electron chi connectivity index (χ4n) is 5.11. The van der Waals surface area contributed by atoms with E-state index >= 15 is 0 Å². The number of hydrogen-bond acceptors (Lipinski definition) is 3. The van der Waals surface area contributed by atoms with Crippen molar-refractivity contribution in [1.29, 1.82) is 0 Å². The Morgan fingerprint density at radius 3 is 2.17 bits per heavy atom. The van der Waals surface area contributed by atoms with Gasteiger partial charge in [-0.1, -0.05) is 60.7 Å². The number of likely N-dealkylation sites (tertiary alicyclic amines) is 2. The molecule has 3 heteroatoms. The van der Waals surface area contributed by atoms with Crippen LogP contribution in [0.5, 0.6) is 0 Å². The van der Waals surface area contributed by atoms with E-state index in [4.69, 9.17) is 0 Å². The third-order valence-corrected chi connectivity index (χ3v) is 7.00. The van der Waals surface area contributed by atoms with Crippen molar-refractivity contribution in [3.8, 4) is 0 Å². The first-order valence-corrected chi connectivity index (χ1v) is 12.1. The lowest BCUT2D eigenvalue weighted by Gasteiger charge is -2.32. The summed E-state index contributed by atoms with van der Waals surface area (Å²) < 4.78 is 0. The molecule has 1 unspecified atom stereocenters. The highest BCUT2D eigenvalue weighted by atomic mass is 15.2. The maximum absolute atomic E-state index is 3.82. The molecule has 4 rings (SSSR count). The van der Waals surface area contributed by atoms with E-state index in [0.29, 0.717) is 6.04 Å². The van der Waals surface area contributed by atoms with E-state index in [0.717, 1.165) is 19.0 Å². The van der Waals surface area contributed by atoms with Crippen LogP contribution < -0.4 is 5.32 Å². The number of aryl methyl sites for hydroxylation is 1. The molecule has 2 aliphatic rings. The average Bonchev–Trinajstić information content (AvgIpc) is 3.24. The fraction of sp³-hybridized carbons (Fsp3) is 0.556. The predicted molar refractivity (Wildman–Crippen MR) is 127 cm³/mol. The molecular formula is C27H39N3. The van der Waals surface area contributed by atoms with Gasteiger partial charge in [0.25, 0.3) is 0 Å². The molecule has 3 nitrogen and oxygen atoms in total. The number of hydrogen-bond donors (Lipinski definition) is 1. The van der Waals surface area contributed by atoms with E-state index in [-0.39, 0.29) is 0 Å². The molecule has 1 atom stereocenters. The van der Waals surface area contributed by atoms with Crippen molar-refractivity contribution in [2.24, 2.45) is 5.92 Å². The van der Waals surface area contributed by atoms with Crippen LogP contribution in [0, 0.1) is 5.92 Å². The number of piperidine rings is 1. The summed E-state index contributed by atoms with van der Waals surface area (Å²) >= 11 is 0. The molecule has 162 valence electrons. The monoisotopic (exact) mass is 405 g/mol. The largest absolute Gasteiger partial charge is 0.313 e. The summed E-state index contributed by atoms with van der Waals surface area (Å²) in [6.07, 6.45) is 7.96. The predicted octanol–water partition coefficient (Wildman–Crippen LogP) is 4.59. The Labute approximate surface area is 183 Å². The van der Waals surface area contributed by atoms with Gasteiger partial charge in [0, 0.05) is 25.7 Å². The van der Waals surface area contributed by atoms with E-state index < -0.39 is 0 Å². The summed E-state index contributed by atoms with van der Waals surface area (Å²) in [4.78, 5) is 5.28. The highest BCUT2D eigenvalue weighted by Gasteiger charge is 2.22. The first-order chi connectivity index (χ1) is 14.8. The molecule has 0 radical (unpaired) electrons. The topological polar surface area (TPSA) is 18.5 Å².